The topological polar surface area (TPSA) is 38.3 Å². The lowest BCUT2D eigenvalue weighted by atomic mass is 10.1. The monoisotopic (exact) mass is 287 g/mol. The van der Waals surface area contributed by atoms with Crippen LogP contribution in [0.3, 0.4) is 0 Å². The van der Waals surface area contributed by atoms with Crippen molar-refractivity contribution in [2.75, 3.05) is 6.54 Å². The maximum Gasteiger partial charge on any atom is 0.293 e. The van der Waals surface area contributed by atoms with Crippen LogP contribution in [0.4, 0.5) is 0 Å². The first-order valence-corrected chi connectivity index (χ1v) is 7.60. The van der Waals surface area contributed by atoms with Crippen LogP contribution in [0.2, 0.25) is 0 Å². The summed E-state index contributed by atoms with van der Waals surface area (Å²) in [6, 6.07) is 11.2. The van der Waals surface area contributed by atoms with Gasteiger partial charge in [-0.3, -0.25) is 4.79 Å². The van der Waals surface area contributed by atoms with Gasteiger partial charge in [-0.15, -0.1) is 0 Å². The van der Waals surface area contributed by atoms with Gasteiger partial charge in [0.1, 0.15) is 5.60 Å². The molecule has 1 saturated carbocycles. The van der Waals surface area contributed by atoms with E-state index in [-0.39, 0.29) is 5.60 Å². The molecule has 1 aliphatic heterocycles. The first-order chi connectivity index (χ1) is 9.99. The molecular weight excluding hydrogens is 262 g/mol. The Hall–Kier alpha value is -1.61. The summed E-state index contributed by atoms with van der Waals surface area (Å²) in [5, 5.41) is 3.55. The van der Waals surface area contributed by atoms with Crippen molar-refractivity contribution in [3.05, 3.63) is 47.5 Å². The van der Waals surface area contributed by atoms with Gasteiger partial charge >= 0.3 is 0 Å². The van der Waals surface area contributed by atoms with Gasteiger partial charge in [-0.2, -0.15) is 0 Å². The molecule has 1 aromatic carbocycles. The molecule has 0 aromatic heterocycles. The molecule has 0 spiro atoms. The third kappa shape index (κ3) is 5.35. The molecule has 1 fully saturated rings. The number of benzene rings is 1. The smallest absolute Gasteiger partial charge is 0.293 e. The normalized spacial score (nSPS) is 21.1. The number of ether oxygens (including phenoxy) is 1. The van der Waals surface area contributed by atoms with Crippen molar-refractivity contribution in [2.45, 2.75) is 45.3 Å². The van der Waals surface area contributed by atoms with Crippen LogP contribution in [0.15, 0.2) is 42.0 Å². The summed E-state index contributed by atoms with van der Waals surface area (Å²) in [7, 11) is 0. The quantitative estimate of drug-likeness (QED) is 0.681. The van der Waals surface area contributed by atoms with Crippen LogP contribution < -0.4 is 5.32 Å². The van der Waals surface area contributed by atoms with E-state index in [0.29, 0.717) is 12.5 Å². The largest absolute Gasteiger partial charge is 0.462 e. The minimum atomic E-state index is -0.318. The highest BCUT2D eigenvalue weighted by molar-refractivity contribution is 5.37. The lowest BCUT2D eigenvalue weighted by molar-refractivity contribution is -0.138. The summed E-state index contributed by atoms with van der Waals surface area (Å²) < 4.78 is 4.55. The number of nitrogens with one attached hydrogen (secondary N) is 1. The highest BCUT2D eigenvalue weighted by atomic mass is 16.5. The molecule has 0 saturated heterocycles. The molecule has 3 rings (SSSR count). The van der Waals surface area contributed by atoms with Crippen LogP contribution in [0.5, 0.6) is 0 Å². The molecule has 0 unspecified atom stereocenters. The molecule has 0 radical (unpaired) electrons. The lowest BCUT2D eigenvalue weighted by Crippen LogP contribution is -2.17. The predicted molar refractivity (Wildman–Crippen MR) is 84.9 cm³/mol. The van der Waals surface area contributed by atoms with E-state index in [1.165, 1.54) is 18.4 Å². The molecule has 2 aliphatic rings. The van der Waals surface area contributed by atoms with Gasteiger partial charge in [0.15, 0.2) is 0 Å². The van der Waals surface area contributed by atoms with Gasteiger partial charge in [0, 0.05) is 6.54 Å². The van der Waals surface area contributed by atoms with Crippen LogP contribution in [-0.2, 0) is 9.53 Å². The molecule has 1 aromatic rings. The SMILES string of the molecule is C1=C(C2CC2)CN[C@@H]1c1ccccc1.CC(C)(C)OC=O. The maximum atomic E-state index is 9.60. The molecule has 1 heterocycles. The van der Waals surface area contributed by atoms with Gasteiger partial charge in [-0.1, -0.05) is 42.0 Å². The third-order valence-corrected chi connectivity index (χ3v) is 3.57. The van der Waals surface area contributed by atoms with E-state index in [0.717, 1.165) is 12.5 Å². The average molecular weight is 287 g/mol. The van der Waals surface area contributed by atoms with Gasteiger partial charge in [0.25, 0.3) is 6.47 Å². The lowest BCUT2D eigenvalue weighted by Gasteiger charge is -2.14. The number of rotatable bonds is 3. The van der Waals surface area contributed by atoms with Crippen LogP contribution in [-0.4, -0.2) is 18.6 Å². The number of carbonyl (C=O) groups excluding carboxylic acids is 1. The standard InChI is InChI=1S/C13H15N.C5H10O2/c1-2-4-11(5-3-1)13-8-12(9-14-13)10-6-7-10;1-5(2,3)7-4-6/h1-5,8,10,13-14H,6-7,9H2;4H,1-3H3/t13-;/m0./s1. The molecule has 0 bridgehead atoms. The Labute approximate surface area is 127 Å². The fourth-order valence-electron chi connectivity index (χ4n) is 2.31. The molecule has 3 heteroatoms. The fraction of sp³-hybridized carbons (Fsp3) is 0.500. The van der Waals surface area contributed by atoms with Crippen LogP contribution in [0, 0.1) is 5.92 Å². The van der Waals surface area contributed by atoms with E-state index >= 15 is 0 Å². The zero-order chi connectivity index (χ0) is 15.3. The number of hydrogen-bond acceptors (Lipinski definition) is 3. The second-order valence-electron chi connectivity index (χ2n) is 6.61. The van der Waals surface area contributed by atoms with Crippen LogP contribution in [0.1, 0.15) is 45.2 Å². The fourth-order valence-corrected chi connectivity index (χ4v) is 2.31. The van der Waals surface area contributed by atoms with Crippen LogP contribution >= 0.6 is 0 Å². The predicted octanol–water partition coefficient (Wildman–Crippen LogP) is 3.63. The zero-order valence-electron chi connectivity index (χ0n) is 13.1. The second-order valence-corrected chi connectivity index (χ2v) is 6.61. The van der Waals surface area contributed by atoms with Gasteiger partial charge in [-0.25, -0.2) is 0 Å². The summed E-state index contributed by atoms with van der Waals surface area (Å²) in [6.07, 6.45) is 5.25. The van der Waals surface area contributed by atoms with Crippen molar-refractivity contribution in [3.63, 3.8) is 0 Å². The Kier molecular flexibility index (Phi) is 5.18. The maximum absolute atomic E-state index is 9.60. The highest BCUT2D eigenvalue weighted by Crippen LogP contribution is 2.39. The summed E-state index contributed by atoms with van der Waals surface area (Å²) in [5.74, 6) is 0.913. The summed E-state index contributed by atoms with van der Waals surface area (Å²) in [5.41, 5.74) is 2.71. The van der Waals surface area contributed by atoms with E-state index < -0.39 is 0 Å². The molecular formula is C18H25NO2. The zero-order valence-corrected chi connectivity index (χ0v) is 13.1. The molecule has 1 N–H and O–H groups in total. The molecule has 1 atom stereocenters. The Balaban J connectivity index is 0.000000199. The van der Waals surface area contributed by atoms with E-state index in [1.807, 2.05) is 20.8 Å². The van der Waals surface area contributed by atoms with Crippen molar-refractivity contribution >= 4 is 6.47 Å². The minimum absolute atomic E-state index is 0.318. The summed E-state index contributed by atoms with van der Waals surface area (Å²) in [6.45, 7) is 7.02. The molecule has 21 heavy (non-hydrogen) atoms. The van der Waals surface area contributed by atoms with Crippen LogP contribution in [0.25, 0.3) is 0 Å². The van der Waals surface area contributed by atoms with E-state index in [1.54, 1.807) is 5.57 Å². The molecule has 114 valence electrons. The number of carbonyl (C=O) groups is 1. The summed E-state index contributed by atoms with van der Waals surface area (Å²) >= 11 is 0. The van der Waals surface area contributed by atoms with Crippen molar-refractivity contribution in [1.82, 2.24) is 5.32 Å². The van der Waals surface area contributed by atoms with Crippen molar-refractivity contribution in [3.8, 4) is 0 Å². The third-order valence-electron chi connectivity index (χ3n) is 3.57. The van der Waals surface area contributed by atoms with Gasteiger partial charge in [0.05, 0.1) is 6.04 Å². The van der Waals surface area contributed by atoms with Crippen molar-refractivity contribution in [1.29, 1.82) is 0 Å². The Bertz CT molecular complexity index is 484. The highest BCUT2D eigenvalue weighted by Gasteiger charge is 2.29. The molecule has 0 amide bonds. The van der Waals surface area contributed by atoms with Crippen molar-refractivity contribution in [2.24, 2.45) is 5.92 Å². The Morgan fingerprint density at radius 1 is 1.19 bits per heavy atom. The first-order valence-electron chi connectivity index (χ1n) is 7.60. The Morgan fingerprint density at radius 2 is 1.86 bits per heavy atom. The minimum Gasteiger partial charge on any atom is -0.462 e. The Morgan fingerprint density at radius 3 is 2.33 bits per heavy atom. The average Bonchev–Trinajstić information content (AvgIpc) is 3.17. The molecule has 3 nitrogen and oxygen atoms in total. The first kappa shape index (κ1) is 15.8. The molecule has 1 aliphatic carbocycles. The van der Waals surface area contributed by atoms with Gasteiger partial charge < -0.3 is 10.1 Å². The van der Waals surface area contributed by atoms with E-state index in [9.17, 15) is 4.79 Å². The summed E-state index contributed by atoms with van der Waals surface area (Å²) in [4.78, 5) is 9.60. The van der Waals surface area contributed by atoms with Gasteiger partial charge in [-0.05, 0) is 45.1 Å². The van der Waals surface area contributed by atoms with E-state index in [2.05, 4.69) is 46.5 Å². The number of hydrogen-bond donors (Lipinski definition) is 1. The second kappa shape index (κ2) is 6.90. The van der Waals surface area contributed by atoms with E-state index in [4.69, 9.17) is 0 Å². The van der Waals surface area contributed by atoms with Gasteiger partial charge in [0.2, 0.25) is 0 Å². The van der Waals surface area contributed by atoms with Crippen molar-refractivity contribution < 1.29 is 9.53 Å².